The molecule has 1 saturated carbocycles. The number of nitrogens with zero attached hydrogens (tertiary/aromatic N) is 2. The second-order valence-electron chi connectivity index (χ2n) is 8.36. The highest BCUT2D eigenvalue weighted by molar-refractivity contribution is 5.83. The van der Waals surface area contributed by atoms with E-state index in [4.69, 9.17) is 9.26 Å². The molecule has 2 heterocycles. The first-order valence-electron chi connectivity index (χ1n) is 10.5. The maximum atomic E-state index is 13.0. The summed E-state index contributed by atoms with van der Waals surface area (Å²) in [6.45, 7) is 5.27. The molecule has 29 heavy (non-hydrogen) atoms. The molecule has 0 bridgehead atoms. The van der Waals surface area contributed by atoms with E-state index < -0.39 is 5.41 Å². The third-order valence-electron chi connectivity index (χ3n) is 5.91. The molecular weight excluding hydrogens is 368 g/mol. The lowest BCUT2D eigenvalue weighted by Crippen LogP contribution is -2.52. The predicted molar refractivity (Wildman–Crippen MR) is 108 cm³/mol. The second-order valence-corrected chi connectivity index (χ2v) is 8.36. The Bertz CT molecular complexity index is 902. The largest absolute Gasteiger partial charge is 0.466 e. The van der Waals surface area contributed by atoms with Crippen molar-refractivity contribution in [3.63, 3.8) is 0 Å². The fraction of sp³-hybridized carbons (Fsp3) is 0.522. The van der Waals surface area contributed by atoms with Crippen LogP contribution in [0.15, 0.2) is 34.9 Å². The van der Waals surface area contributed by atoms with Crippen molar-refractivity contribution < 1.29 is 18.8 Å². The third-order valence-corrected chi connectivity index (χ3v) is 5.91. The number of rotatable bonds is 6. The smallest absolute Gasteiger partial charge is 0.314 e. The van der Waals surface area contributed by atoms with E-state index in [2.05, 4.69) is 11.2 Å². The van der Waals surface area contributed by atoms with Gasteiger partial charge in [-0.25, -0.2) is 0 Å². The molecule has 1 saturated heterocycles. The Hall–Kier alpha value is -2.63. The lowest BCUT2D eigenvalue weighted by molar-refractivity contribution is -0.161. The van der Waals surface area contributed by atoms with Gasteiger partial charge in [0.2, 0.25) is 5.91 Å². The van der Waals surface area contributed by atoms with Crippen LogP contribution in [0.5, 0.6) is 0 Å². The van der Waals surface area contributed by atoms with Gasteiger partial charge in [0.15, 0.2) is 0 Å². The molecule has 154 valence electrons. The third kappa shape index (κ3) is 4.21. The molecule has 6 heteroatoms. The first-order chi connectivity index (χ1) is 14.0. The number of hydrogen-bond acceptors (Lipinski definition) is 5. The van der Waals surface area contributed by atoms with Crippen LogP contribution in [-0.2, 0) is 20.7 Å². The highest BCUT2D eigenvalue weighted by atomic mass is 16.5. The van der Waals surface area contributed by atoms with Crippen LogP contribution < -0.4 is 0 Å². The monoisotopic (exact) mass is 396 g/mol. The van der Waals surface area contributed by atoms with Crippen molar-refractivity contribution in [3.05, 3.63) is 41.7 Å². The minimum atomic E-state index is -0.776. The van der Waals surface area contributed by atoms with Gasteiger partial charge in [-0.3, -0.25) is 9.59 Å². The normalized spacial score (nSPS) is 21.8. The van der Waals surface area contributed by atoms with E-state index in [1.165, 1.54) is 0 Å². The molecule has 1 aliphatic heterocycles. The van der Waals surface area contributed by atoms with Crippen LogP contribution in [0, 0.1) is 18.3 Å². The van der Waals surface area contributed by atoms with E-state index >= 15 is 0 Å². The molecule has 1 aromatic heterocycles. The van der Waals surface area contributed by atoms with Crippen LogP contribution in [0.4, 0.5) is 0 Å². The zero-order valence-corrected chi connectivity index (χ0v) is 17.1. The van der Waals surface area contributed by atoms with E-state index in [1.807, 2.05) is 43.0 Å². The molecular formula is C23H28N2O4. The highest BCUT2D eigenvalue weighted by Crippen LogP contribution is 2.39. The molecule has 4 rings (SSSR count). The zero-order chi connectivity index (χ0) is 20.4. The molecule has 0 radical (unpaired) electrons. The van der Waals surface area contributed by atoms with Crippen LogP contribution in [0.3, 0.4) is 0 Å². The van der Waals surface area contributed by atoms with E-state index in [0.717, 1.165) is 36.1 Å². The van der Waals surface area contributed by atoms with Gasteiger partial charge in [0, 0.05) is 37.1 Å². The molecule has 2 aromatic rings. The molecule has 1 aromatic carbocycles. The Kier molecular flexibility index (Phi) is 5.43. The Morgan fingerprint density at radius 1 is 1.31 bits per heavy atom. The van der Waals surface area contributed by atoms with Crippen LogP contribution in [0.25, 0.3) is 11.3 Å². The Labute approximate surface area is 171 Å². The average Bonchev–Trinajstić information content (AvgIpc) is 3.47. The summed E-state index contributed by atoms with van der Waals surface area (Å²) in [6.07, 6.45) is 3.78. The fourth-order valence-corrected chi connectivity index (χ4v) is 4.25. The Balaban J connectivity index is 1.57. The standard InChI is InChI=1S/C23H28N2O4/c1-3-28-22(27)23(10-5-11-25(15-23)21(26)17-8-9-17)14-19-13-20(24-29-19)18-7-4-6-16(2)12-18/h4,6-7,12-13,17H,3,5,8-11,14-15H2,1-2H3/t23-/m1/s1. The number of aryl methyl sites for hydroxylation is 1. The van der Waals surface area contributed by atoms with Gasteiger partial charge in [-0.15, -0.1) is 0 Å². The van der Waals surface area contributed by atoms with E-state index in [9.17, 15) is 9.59 Å². The summed E-state index contributed by atoms with van der Waals surface area (Å²) >= 11 is 0. The van der Waals surface area contributed by atoms with Crippen LogP contribution in [-0.4, -0.2) is 41.6 Å². The second kappa shape index (κ2) is 8.01. The van der Waals surface area contributed by atoms with Crippen molar-refractivity contribution in [1.29, 1.82) is 0 Å². The number of esters is 1. The van der Waals surface area contributed by atoms with Gasteiger partial charge in [-0.05, 0) is 45.6 Å². The summed E-state index contributed by atoms with van der Waals surface area (Å²) in [5.41, 5.74) is 2.11. The van der Waals surface area contributed by atoms with Crippen molar-refractivity contribution in [1.82, 2.24) is 10.1 Å². The van der Waals surface area contributed by atoms with Gasteiger partial charge in [-0.1, -0.05) is 28.9 Å². The van der Waals surface area contributed by atoms with Gasteiger partial charge in [-0.2, -0.15) is 0 Å². The number of amides is 1. The first-order valence-corrected chi connectivity index (χ1v) is 10.5. The number of carbonyl (C=O) groups is 2. The lowest BCUT2D eigenvalue weighted by atomic mass is 9.76. The van der Waals surface area contributed by atoms with E-state index in [-0.39, 0.29) is 17.8 Å². The average molecular weight is 396 g/mol. The summed E-state index contributed by atoms with van der Waals surface area (Å²) in [5.74, 6) is 0.722. The van der Waals surface area contributed by atoms with Crippen molar-refractivity contribution >= 4 is 11.9 Å². The summed E-state index contributed by atoms with van der Waals surface area (Å²) in [7, 11) is 0. The Morgan fingerprint density at radius 3 is 2.86 bits per heavy atom. The van der Waals surface area contributed by atoms with Gasteiger partial charge in [0.25, 0.3) is 0 Å². The first kappa shape index (κ1) is 19.7. The van der Waals surface area contributed by atoms with Gasteiger partial charge in [0.05, 0.1) is 12.0 Å². The topological polar surface area (TPSA) is 72.6 Å². The molecule has 0 unspecified atom stereocenters. The SMILES string of the molecule is CCOC(=O)[C@@]1(Cc2cc(-c3cccc(C)c3)no2)CCCN(C(=O)C2CC2)C1. The summed E-state index contributed by atoms with van der Waals surface area (Å²) < 4.78 is 11.0. The van der Waals surface area contributed by atoms with Crippen LogP contribution in [0.1, 0.15) is 43.9 Å². The minimum Gasteiger partial charge on any atom is -0.466 e. The minimum absolute atomic E-state index is 0.145. The number of hydrogen-bond donors (Lipinski definition) is 0. The lowest BCUT2D eigenvalue weighted by Gasteiger charge is -2.40. The predicted octanol–water partition coefficient (Wildman–Crippen LogP) is 3.77. The van der Waals surface area contributed by atoms with Crippen molar-refractivity contribution in [2.75, 3.05) is 19.7 Å². The highest BCUT2D eigenvalue weighted by Gasteiger charge is 2.47. The molecule has 1 atom stereocenters. The van der Waals surface area contributed by atoms with Gasteiger partial charge in [0.1, 0.15) is 11.5 Å². The molecule has 6 nitrogen and oxygen atoms in total. The summed E-state index contributed by atoms with van der Waals surface area (Å²) in [5, 5.41) is 4.21. The maximum absolute atomic E-state index is 13.0. The maximum Gasteiger partial charge on any atom is 0.314 e. The molecule has 1 amide bonds. The van der Waals surface area contributed by atoms with Crippen molar-refractivity contribution in [2.45, 2.75) is 46.0 Å². The van der Waals surface area contributed by atoms with Crippen LogP contribution in [0.2, 0.25) is 0 Å². The quantitative estimate of drug-likeness (QED) is 0.695. The van der Waals surface area contributed by atoms with Gasteiger partial charge >= 0.3 is 5.97 Å². The number of benzene rings is 1. The number of ether oxygens (including phenoxy) is 1. The summed E-state index contributed by atoms with van der Waals surface area (Å²) in [4.78, 5) is 27.5. The molecule has 2 aliphatic rings. The number of carbonyl (C=O) groups excluding carboxylic acids is 2. The van der Waals surface area contributed by atoms with Crippen LogP contribution >= 0.6 is 0 Å². The van der Waals surface area contributed by atoms with Gasteiger partial charge < -0.3 is 14.2 Å². The van der Waals surface area contributed by atoms with Crippen molar-refractivity contribution in [2.24, 2.45) is 11.3 Å². The fourth-order valence-electron chi connectivity index (χ4n) is 4.25. The molecule has 0 N–H and O–H groups in total. The van der Waals surface area contributed by atoms with Crippen molar-refractivity contribution in [3.8, 4) is 11.3 Å². The zero-order valence-electron chi connectivity index (χ0n) is 17.1. The number of aromatic nitrogens is 1. The molecule has 1 aliphatic carbocycles. The Morgan fingerprint density at radius 2 is 2.14 bits per heavy atom. The number of piperidine rings is 1. The van der Waals surface area contributed by atoms with E-state index in [1.54, 1.807) is 0 Å². The molecule has 0 spiro atoms. The number of likely N-dealkylation sites (tertiary alicyclic amines) is 1. The van der Waals surface area contributed by atoms with E-state index in [0.29, 0.717) is 38.3 Å². The molecule has 2 fully saturated rings. The summed E-state index contributed by atoms with van der Waals surface area (Å²) in [6, 6.07) is 9.97.